The summed E-state index contributed by atoms with van der Waals surface area (Å²) in [5, 5.41) is 0. The highest BCUT2D eigenvalue weighted by molar-refractivity contribution is 5.99. The van der Waals surface area contributed by atoms with Crippen LogP contribution in [0.5, 0.6) is 0 Å². The summed E-state index contributed by atoms with van der Waals surface area (Å²) in [7, 11) is 0. The lowest BCUT2D eigenvalue weighted by molar-refractivity contribution is 0.0723. The molecule has 0 bridgehead atoms. The smallest absolute Gasteiger partial charge is 0.256 e. The van der Waals surface area contributed by atoms with Crippen molar-refractivity contribution in [3.8, 4) is 0 Å². The second kappa shape index (κ2) is 5.01. The Kier molecular flexibility index (Phi) is 3.60. The predicted octanol–water partition coefficient (Wildman–Crippen LogP) is 2.84. The fourth-order valence-corrected chi connectivity index (χ4v) is 2.21. The van der Waals surface area contributed by atoms with Crippen LogP contribution in [-0.4, -0.2) is 23.4 Å². The predicted molar refractivity (Wildman–Crippen MR) is 74.5 cm³/mol. The number of nitrogens with zero attached hydrogens (tertiary/aromatic N) is 1. The quantitative estimate of drug-likeness (QED) is 0.830. The highest BCUT2D eigenvalue weighted by Crippen LogP contribution is 2.30. The highest BCUT2D eigenvalue weighted by Gasteiger charge is 2.33. The summed E-state index contributed by atoms with van der Waals surface area (Å²) in [5.41, 5.74) is 8.29. The molecule has 1 fully saturated rings. The second-order valence-electron chi connectivity index (χ2n) is 5.67. The number of carbonyl (C=O) groups excluding carboxylic acids is 1. The number of rotatable bonds is 4. The summed E-state index contributed by atoms with van der Waals surface area (Å²) in [6.45, 7) is 7.08. The van der Waals surface area contributed by atoms with Crippen LogP contribution >= 0.6 is 0 Å². The van der Waals surface area contributed by atoms with Crippen molar-refractivity contribution in [2.75, 3.05) is 12.3 Å². The normalized spacial score (nSPS) is 14.9. The topological polar surface area (TPSA) is 46.3 Å². The van der Waals surface area contributed by atoms with Crippen LogP contribution in [0, 0.1) is 12.8 Å². The van der Waals surface area contributed by atoms with E-state index < -0.39 is 0 Å². The lowest BCUT2D eigenvalue weighted by Gasteiger charge is -2.25. The van der Waals surface area contributed by atoms with Crippen LogP contribution in [0.1, 0.15) is 42.6 Å². The van der Waals surface area contributed by atoms with E-state index in [-0.39, 0.29) is 5.91 Å². The van der Waals surface area contributed by atoms with Crippen LogP contribution in [0.15, 0.2) is 18.2 Å². The van der Waals surface area contributed by atoms with Gasteiger partial charge in [-0.1, -0.05) is 19.9 Å². The lowest BCUT2D eigenvalue weighted by atomic mass is 10.1. The van der Waals surface area contributed by atoms with Crippen molar-refractivity contribution in [3.05, 3.63) is 29.3 Å². The minimum absolute atomic E-state index is 0.0868. The van der Waals surface area contributed by atoms with Crippen LogP contribution in [-0.2, 0) is 0 Å². The molecule has 0 unspecified atom stereocenters. The van der Waals surface area contributed by atoms with E-state index in [4.69, 9.17) is 5.73 Å². The average Bonchev–Trinajstić information content (AvgIpc) is 3.08. The standard InChI is InChI=1S/C15H22N2O/c1-10(2)9-17(12-5-6-12)15(18)13-7-4-11(3)8-14(13)16/h4,7-8,10,12H,5-6,9,16H2,1-3H3. The van der Waals surface area contributed by atoms with Crippen molar-refractivity contribution >= 4 is 11.6 Å². The zero-order chi connectivity index (χ0) is 13.3. The molecular formula is C15H22N2O. The number of amides is 1. The van der Waals surface area contributed by atoms with Gasteiger partial charge in [-0.15, -0.1) is 0 Å². The number of hydrogen-bond donors (Lipinski definition) is 1. The van der Waals surface area contributed by atoms with E-state index in [2.05, 4.69) is 13.8 Å². The Hall–Kier alpha value is -1.51. The van der Waals surface area contributed by atoms with Gasteiger partial charge in [0.05, 0.1) is 5.56 Å². The van der Waals surface area contributed by atoms with E-state index in [1.807, 2.05) is 30.0 Å². The van der Waals surface area contributed by atoms with Gasteiger partial charge in [-0.05, 0) is 43.4 Å². The summed E-state index contributed by atoms with van der Waals surface area (Å²) in [4.78, 5) is 14.5. The minimum Gasteiger partial charge on any atom is -0.398 e. The van der Waals surface area contributed by atoms with Gasteiger partial charge in [0, 0.05) is 18.3 Å². The summed E-state index contributed by atoms with van der Waals surface area (Å²) in [6, 6.07) is 6.10. The summed E-state index contributed by atoms with van der Waals surface area (Å²) < 4.78 is 0. The SMILES string of the molecule is Cc1ccc(C(=O)N(CC(C)C)C2CC2)c(N)c1. The number of hydrogen-bond acceptors (Lipinski definition) is 2. The maximum Gasteiger partial charge on any atom is 0.256 e. The first kappa shape index (κ1) is 12.9. The molecule has 98 valence electrons. The third kappa shape index (κ3) is 2.84. The molecule has 0 saturated heterocycles. The summed E-state index contributed by atoms with van der Waals surface area (Å²) in [6.07, 6.45) is 2.26. The first-order valence-electron chi connectivity index (χ1n) is 6.66. The minimum atomic E-state index is 0.0868. The van der Waals surface area contributed by atoms with Crippen LogP contribution in [0.3, 0.4) is 0 Å². The van der Waals surface area contributed by atoms with Crippen molar-refractivity contribution in [3.63, 3.8) is 0 Å². The lowest BCUT2D eigenvalue weighted by Crippen LogP contribution is -2.36. The monoisotopic (exact) mass is 246 g/mol. The van der Waals surface area contributed by atoms with Gasteiger partial charge in [0.15, 0.2) is 0 Å². The zero-order valence-corrected chi connectivity index (χ0v) is 11.4. The molecule has 1 aliphatic carbocycles. The molecule has 18 heavy (non-hydrogen) atoms. The molecule has 0 aliphatic heterocycles. The fourth-order valence-electron chi connectivity index (χ4n) is 2.21. The van der Waals surface area contributed by atoms with E-state index >= 15 is 0 Å². The number of aryl methyl sites for hydroxylation is 1. The molecule has 0 spiro atoms. The number of nitrogens with two attached hydrogens (primary N) is 1. The van der Waals surface area contributed by atoms with Crippen LogP contribution in [0.2, 0.25) is 0 Å². The van der Waals surface area contributed by atoms with Crippen LogP contribution in [0.25, 0.3) is 0 Å². The molecule has 2 rings (SSSR count). The summed E-state index contributed by atoms with van der Waals surface area (Å²) >= 11 is 0. The molecule has 1 aliphatic rings. The molecule has 2 N–H and O–H groups in total. The summed E-state index contributed by atoms with van der Waals surface area (Å²) in [5.74, 6) is 0.574. The Balaban J connectivity index is 2.22. The molecule has 0 heterocycles. The van der Waals surface area contributed by atoms with Gasteiger partial charge in [-0.25, -0.2) is 0 Å². The first-order chi connectivity index (χ1) is 8.49. The Morgan fingerprint density at radius 1 is 1.44 bits per heavy atom. The number of nitrogen functional groups attached to an aromatic ring is 1. The van der Waals surface area contributed by atoms with Crippen molar-refractivity contribution in [1.29, 1.82) is 0 Å². The molecule has 1 saturated carbocycles. The van der Waals surface area contributed by atoms with Gasteiger partial charge in [-0.3, -0.25) is 4.79 Å². The Labute approximate surface area is 109 Å². The number of carbonyl (C=O) groups is 1. The van der Waals surface area contributed by atoms with E-state index in [0.29, 0.717) is 23.2 Å². The Bertz CT molecular complexity index is 450. The van der Waals surface area contributed by atoms with Gasteiger partial charge < -0.3 is 10.6 Å². The fraction of sp³-hybridized carbons (Fsp3) is 0.533. The van der Waals surface area contributed by atoms with E-state index in [1.54, 1.807) is 0 Å². The average molecular weight is 246 g/mol. The first-order valence-corrected chi connectivity index (χ1v) is 6.66. The van der Waals surface area contributed by atoms with E-state index in [9.17, 15) is 4.79 Å². The maximum absolute atomic E-state index is 12.5. The molecule has 1 aromatic rings. The van der Waals surface area contributed by atoms with Gasteiger partial charge in [0.25, 0.3) is 5.91 Å². The maximum atomic E-state index is 12.5. The van der Waals surface area contributed by atoms with Crippen molar-refractivity contribution in [1.82, 2.24) is 4.90 Å². The molecule has 0 aromatic heterocycles. The van der Waals surface area contributed by atoms with Crippen molar-refractivity contribution in [2.45, 2.75) is 39.7 Å². The number of anilines is 1. The molecule has 3 nitrogen and oxygen atoms in total. The van der Waals surface area contributed by atoms with E-state index in [0.717, 1.165) is 24.9 Å². The van der Waals surface area contributed by atoms with Gasteiger partial charge >= 0.3 is 0 Å². The third-order valence-corrected chi connectivity index (χ3v) is 3.25. The largest absolute Gasteiger partial charge is 0.398 e. The Morgan fingerprint density at radius 2 is 2.11 bits per heavy atom. The van der Waals surface area contributed by atoms with E-state index in [1.165, 1.54) is 0 Å². The molecule has 0 radical (unpaired) electrons. The molecule has 1 aromatic carbocycles. The van der Waals surface area contributed by atoms with Crippen molar-refractivity contribution < 1.29 is 4.79 Å². The van der Waals surface area contributed by atoms with Gasteiger partial charge in [-0.2, -0.15) is 0 Å². The van der Waals surface area contributed by atoms with Crippen LogP contribution in [0.4, 0.5) is 5.69 Å². The third-order valence-electron chi connectivity index (χ3n) is 3.25. The van der Waals surface area contributed by atoms with Crippen molar-refractivity contribution in [2.24, 2.45) is 5.92 Å². The molecule has 1 amide bonds. The molecule has 0 atom stereocenters. The number of benzene rings is 1. The molecular weight excluding hydrogens is 224 g/mol. The van der Waals surface area contributed by atoms with Crippen LogP contribution < -0.4 is 5.73 Å². The molecule has 3 heteroatoms. The zero-order valence-electron chi connectivity index (χ0n) is 11.4. The Morgan fingerprint density at radius 3 is 2.61 bits per heavy atom. The highest BCUT2D eigenvalue weighted by atomic mass is 16.2. The van der Waals surface area contributed by atoms with Gasteiger partial charge in [0.2, 0.25) is 0 Å². The second-order valence-corrected chi connectivity index (χ2v) is 5.67. The van der Waals surface area contributed by atoms with Gasteiger partial charge in [0.1, 0.15) is 0 Å².